The van der Waals surface area contributed by atoms with Crippen molar-refractivity contribution in [2.75, 3.05) is 29.9 Å². The molecule has 2 fully saturated rings. The second kappa shape index (κ2) is 6.03. The summed E-state index contributed by atoms with van der Waals surface area (Å²) < 4.78 is 0. The Hall–Kier alpha value is -0.970. The van der Waals surface area contributed by atoms with Gasteiger partial charge in [0, 0.05) is 41.6 Å². The summed E-state index contributed by atoms with van der Waals surface area (Å²) in [6.45, 7) is 12.0. The maximum Gasteiger partial charge on any atom is 0.137 e. The van der Waals surface area contributed by atoms with Gasteiger partial charge in [-0.15, -0.1) is 0 Å². The van der Waals surface area contributed by atoms with Crippen molar-refractivity contribution < 1.29 is 0 Å². The van der Waals surface area contributed by atoms with Gasteiger partial charge in [0.2, 0.25) is 0 Å². The van der Waals surface area contributed by atoms with Gasteiger partial charge in [-0.2, -0.15) is 11.8 Å². The first-order valence-electron chi connectivity index (χ1n) is 8.11. The molecule has 0 amide bonds. The van der Waals surface area contributed by atoms with Gasteiger partial charge in [0.05, 0.1) is 0 Å². The van der Waals surface area contributed by atoms with Crippen molar-refractivity contribution in [3.63, 3.8) is 0 Å². The molecule has 2 atom stereocenters. The van der Waals surface area contributed by atoms with Gasteiger partial charge < -0.3 is 10.2 Å². The molecule has 0 radical (unpaired) electrons. The van der Waals surface area contributed by atoms with Crippen LogP contribution in [0.1, 0.15) is 50.9 Å². The van der Waals surface area contributed by atoms with Crippen LogP contribution < -0.4 is 10.2 Å². The van der Waals surface area contributed by atoms with Crippen molar-refractivity contribution >= 4 is 23.4 Å². The van der Waals surface area contributed by atoms with E-state index in [9.17, 15) is 0 Å². The van der Waals surface area contributed by atoms with E-state index in [2.05, 4.69) is 49.7 Å². The molecule has 1 saturated carbocycles. The largest absolute Gasteiger partial charge is 0.370 e. The summed E-state index contributed by atoms with van der Waals surface area (Å²) in [7, 11) is 0. The lowest BCUT2D eigenvalue weighted by atomic mass is 10.2. The highest BCUT2D eigenvalue weighted by Gasteiger charge is 2.30. The van der Waals surface area contributed by atoms with E-state index >= 15 is 0 Å². The van der Waals surface area contributed by atoms with E-state index in [0.717, 1.165) is 37.1 Å². The number of rotatable bonds is 4. The number of hydrogen-bond donors (Lipinski definition) is 1. The van der Waals surface area contributed by atoms with E-state index in [0.29, 0.717) is 16.4 Å². The molecule has 2 unspecified atom stereocenters. The first-order chi connectivity index (χ1) is 10.1. The molecule has 1 aromatic heterocycles. The molecule has 0 bridgehead atoms. The summed E-state index contributed by atoms with van der Waals surface area (Å²) in [5, 5.41) is 4.74. The lowest BCUT2D eigenvalue weighted by Gasteiger charge is -2.36. The van der Waals surface area contributed by atoms with E-state index in [1.54, 1.807) is 0 Å². The van der Waals surface area contributed by atoms with Gasteiger partial charge in [-0.05, 0) is 26.7 Å². The highest BCUT2D eigenvalue weighted by Crippen LogP contribution is 2.40. The summed E-state index contributed by atoms with van der Waals surface area (Å²) >= 11 is 2.08. The lowest BCUT2D eigenvalue weighted by molar-refractivity contribution is 0.709. The van der Waals surface area contributed by atoms with Crippen LogP contribution in [0.2, 0.25) is 0 Å². The van der Waals surface area contributed by atoms with Gasteiger partial charge >= 0.3 is 0 Å². The van der Waals surface area contributed by atoms with Crippen LogP contribution in [0.25, 0.3) is 0 Å². The highest BCUT2D eigenvalue weighted by atomic mass is 32.2. The van der Waals surface area contributed by atoms with Gasteiger partial charge in [0.1, 0.15) is 17.5 Å². The summed E-state index contributed by atoms with van der Waals surface area (Å²) in [4.78, 5) is 12.2. The molecule has 3 rings (SSSR count). The minimum Gasteiger partial charge on any atom is -0.370 e. The number of aromatic nitrogens is 2. The van der Waals surface area contributed by atoms with Crippen LogP contribution in [0.15, 0.2) is 0 Å². The zero-order valence-electron chi connectivity index (χ0n) is 13.5. The van der Waals surface area contributed by atoms with E-state index in [1.807, 2.05) is 0 Å². The Kier molecular flexibility index (Phi) is 4.29. The van der Waals surface area contributed by atoms with Crippen LogP contribution in [0.4, 0.5) is 11.6 Å². The Morgan fingerprint density at radius 3 is 2.43 bits per heavy atom. The standard InChI is InChI=1S/C16H26N4S/c1-5-17-14-12(4)16(19-15(18-14)13-6-7-13)20-8-10(2)21-11(3)9-20/h10-11,13H,5-9H2,1-4H3,(H,17,18,19). The predicted molar refractivity (Wildman–Crippen MR) is 91.6 cm³/mol. The molecule has 4 nitrogen and oxygen atoms in total. The molecule has 1 saturated heterocycles. The molecule has 1 aliphatic heterocycles. The second-order valence-electron chi connectivity index (χ2n) is 6.35. The fourth-order valence-corrected chi connectivity index (χ4v) is 4.37. The third-order valence-electron chi connectivity index (χ3n) is 4.14. The average Bonchev–Trinajstić information content (AvgIpc) is 3.24. The minimum atomic E-state index is 0.593. The van der Waals surface area contributed by atoms with E-state index in [1.165, 1.54) is 18.4 Å². The van der Waals surface area contributed by atoms with Gasteiger partial charge in [0.25, 0.3) is 0 Å². The molecule has 5 heteroatoms. The van der Waals surface area contributed by atoms with Crippen LogP contribution >= 0.6 is 11.8 Å². The third-order valence-corrected chi connectivity index (χ3v) is 5.37. The summed E-state index contributed by atoms with van der Waals surface area (Å²) in [6, 6.07) is 0. The Bertz CT molecular complexity index is 505. The van der Waals surface area contributed by atoms with Crippen molar-refractivity contribution in [3.8, 4) is 0 Å². The molecular weight excluding hydrogens is 280 g/mol. The summed E-state index contributed by atoms with van der Waals surface area (Å²) in [5.74, 6) is 3.82. The molecule has 1 N–H and O–H groups in total. The van der Waals surface area contributed by atoms with E-state index in [4.69, 9.17) is 9.97 Å². The topological polar surface area (TPSA) is 41.1 Å². The van der Waals surface area contributed by atoms with E-state index in [-0.39, 0.29) is 0 Å². The van der Waals surface area contributed by atoms with Crippen LogP contribution in [-0.2, 0) is 0 Å². The van der Waals surface area contributed by atoms with Crippen molar-refractivity contribution in [2.45, 2.75) is 57.0 Å². The van der Waals surface area contributed by atoms with Crippen molar-refractivity contribution in [2.24, 2.45) is 0 Å². The Labute approximate surface area is 132 Å². The fraction of sp³-hybridized carbons (Fsp3) is 0.750. The van der Waals surface area contributed by atoms with Gasteiger partial charge in [-0.25, -0.2) is 9.97 Å². The van der Waals surface area contributed by atoms with Crippen LogP contribution in [0.5, 0.6) is 0 Å². The maximum atomic E-state index is 4.94. The Morgan fingerprint density at radius 1 is 1.19 bits per heavy atom. The van der Waals surface area contributed by atoms with Crippen LogP contribution in [-0.4, -0.2) is 40.1 Å². The van der Waals surface area contributed by atoms with Crippen molar-refractivity contribution in [3.05, 3.63) is 11.4 Å². The second-order valence-corrected chi connectivity index (χ2v) is 8.23. The molecule has 116 valence electrons. The molecule has 1 aromatic rings. The number of nitrogens with one attached hydrogen (secondary N) is 1. The summed E-state index contributed by atoms with van der Waals surface area (Å²) in [5.41, 5.74) is 1.20. The fourth-order valence-electron chi connectivity index (χ4n) is 3.04. The quantitative estimate of drug-likeness (QED) is 0.923. The zero-order chi connectivity index (χ0) is 15.0. The van der Waals surface area contributed by atoms with Gasteiger partial charge in [-0.1, -0.05) is 13.8 Å². The van der Waals surface area contributed by atoms with Crippen molar-refractivity contribution in [1.82, 2.24) is 9.97 Å². The Balaban J connectivity index is 1.95. The molecular formula is C16H26N4S. The van der Waals surface area contributed by atoms with Crippen molar-refractivity contribution in [1.29, 1.82) is 0 Å². The predicted octanol–water partition coefficient (Wildman–Crippen LogP) is 3.42. The highest BCUT2D eigenvalue weighted by molar-refractivity contribution is 8.00. The number of hydrogen-bond acceptors (Lipinski definition) is 5. The molecule has 21 heavy (non-hydrogen) atoms. The molecule has 0 spiro atoms. The average molecular weight is 306 g/mol. The van der Waals surface area contributed by atoms with Gasteiger partial charge in [-0.3, -0.25) is 0 Å². The molecule has 2 aliphatic rings. The molecule has 2 heterocycles. The maximum absolute atomic E-state index is 4.94. The lowest BCUT2D eigenvalue weighted by Crippen LogP contribution is -2.41. The van der Waals surface area contributed by atoms with Crippen LogP contribution in [0.3, 0.4) is 0 Å². The normalized spacial score (nSPS) is 26.0. The SMILES string of the molecule is CCNc1nc(C2CC2)nc(N2CC(C)SC(C)C2)c1C. The monoisotopic (exact) mass is 306 g/mol. The third kappa shape index (κ3) is 3.28. The first kappa shape index (κ1) is 14.9. The van der Waals surface area contributed by atoms with Gasteiger partial charge in [0.15, 0.2) is 0 Å². The zero-order valence-corrected chi connectivity index (χ0v) is 14.3. The number of thioether (sulfide) groups is 1. The molecule has 0 aromatic carbocycles. The number of anilines is 2. The van der Waals surface area contributed by atoms with E-state index < -0.39 is 0 Å². The Morgan fingerprint density at radius 2 is 1.86 bits per heavy atom. The summed E-state index contributed by atoms with van der Waals surface area (Å²) in [6.07, 6.45) is 2.49. The molecule has 1 aliphatic carbocycles. The first-order valence-corrected chi connectivity index (χ1v) is 9.05. The smallest absolute Gasteiger partial charge is 0.137 e. The number of nitrogens with zero attached hydrogens (tertiary/aromatic N) is 3. The van der Waals surface area contributed by atoms with Crippen LogP contribution in [0, 0.1) is 6.92 Å². The minimum absolute atomic E-state index is 0.593.